The molecule has 0 radical (unpaired) electrons. The molecule has 26 heavy (non-hydrogen) atoms. The second-order valence-corrected chi connectivity index (χ2v) is 7.08. The van der Waals surface area contributed by atoms with Gasteiger partial charge in [-0.2, -0.15) is 13.2 Å². The van der Waals surface area contributed by atoms with Crippen molar-refractivity contribution < 1.29 is 22.8 Å². The first-order chi connectivity index (χ1) is 12.2. The summed E-state index contributed by atoms with van der Waals surface area (Å²) in [6.45, 7) is 0. The molecule has 2 fully saturated rings. The lowest BCUT2D eigenvalue weighted by atomic mass is 9.87. The maximum atomic E-state index is 12.9. The average molecular weight is 390 g/mol. The number of hydrogen-bond donors (Lipinski definition) is 3. The molecule has 1 aromatic rings. The molecule has 1 aliphatic carbocycles. The van der Waals surface area contributed by atoms with Gasteiger partial charge in [0.05, 0.1) is 23.0 Å². The van der Waals surface area contributed by atoms with E-state index < -0.39 is 28.7 Å². The molecule has 3 N–H and O–H groups in total. The Labute approximate surface area is 153 Å². The van der Waals surface area contributed by atoms with Crippen molar-refractivity contribution in [2.75, 3.05) is 5.32 Å². The molecular weight excluding hydrogens is 371 g/mol. The number of amides is 2. The molecule has 0 spiro atoms. The minimum Gasteiger partial charge on any atom is -0.350 e. The van der Waals surface area contributed by atoms with Gasteiger partial charge in [-0.3, -0.25) is 9.59 Å². The highest BCUT2D eigenvalue weighted by Crippen LogP contribution is 2.36. The predicted molar refractivity (Wildman–Crippen MR) is 90.8 cm³/mol. The molecule has 2 amide bonds. The number of nitrogens with one attached hydrogen (secondary N) is 3. The number of benzene rings is 1. The number of hydrogen-bond acceptors (Lipinski definition) is 3. The molecule has 2 aliphatic rings. The Balaban J connectivity index is 1.63. The fourth-order valence-electron chi connectivity index (χ4n) is 3.49. The molecule has 0 unspecified atom stereocenters. The Morgan fingerprint density at radius 2 is 1.92 bits per heavy atom. The van der Waals surface area contributed by atoms with Crippen molar-refractivity contribution in [3.63, 3.8) is 0 Å². The third-order valence-electron chi connectivity index (χ3n) is 4.77. The summed E-state index contributed by atoms with van der Waals surface area (Å²) in [5.41, 5.74) is -1.03. The van der Waals surface area contributed by atoms with E-state index in [9.17, 15) is 22.8 Å². The van der Waals surface area contributed by atoms with Crippen LogP contribution in [0, 0.1) is 0 Å². The molecule has 1 saturated carbocycles. The Morgan fingerprint density at radius 1 is 1.23 bits per heavy atom. The van der Waals surface area contributed by atoms with Crippen molar-refractivity contribution in [2.24, 2.45) is 0 Å². The van der Waals surface area contributed by atoms with E-state index in [1.54, 1.807) is 0 Å². The second-order valence-electron chi connectivity index (χ2n) is 6.67. The molecule has 1 heterocycles. The normalized spacial score (nSPS) is 26.0. The quantitative estimate of drug-likeness (QED) is 0.744. The highest BCUT2D eigenvalue weighted by atomic mass is 35.5. The Kier molecular flexibility index (Phi) is 5.43. The van der Waals surface area contributed by atoms with Gasteiger partial charge in [-0.1, -0.05) is 24.4 Å². The van der Waals surface area contributed by atoms with Crippen molar-refractivity contribution in [3.8, 4) is 0 Å². The van der Waals surface area contributed by atoms with Crippen molar-refractivity contribution in [1.29, 1.82) is 0 Å². The molecule has 0 aromatic heterocycles. The van der Waals surface area contributed by atoms with Crippen molar-refractivity contribution in [2.45, 2.75) is 56.4 Å². The maximum absolute atomic E-state index is 12.9. The van der Waals surface area contributed by atoms with Gasteiger partial charge in [-0.25, -0.2) is 0 Å². The van der Waals surface area contributed by atoms with Gasteiger partial charge >= 0.3 is 6.18 Å². The predicted octanol–water partition coefficient (Wildman–Crippen LogP) is 3.09. The smallest absolute Gasteiger partial charge is 0.350 e. The molecular formula is C17H19ClF3N3O2. The van der Waals surface area contributed by atoms with E-state index in [0.717, 1.165) is 37.8 Å². The first-order valence-electron chi connectivity index (χ1n) is 8.47. The van der Waals surface area contributed by atoms with Crippen molar-refractivity contribution >= 4 is 29.1 Å². The number of alkyl halides is 3. The minimum absolute atomic E-state index is 0.0153. The highest BCUT2D eigenvalue weighted by Gasteiger charge is 2.37. The fraction of sp³-hybridized carbons (Fsp3) is 0.529. The lowest BCUT2D eigenvalue weighted by Crippen LogP contribution is -2.65. The lowest BCUT2D eigenvalue weighted by Gasteiger charge is -2.40. The van der Waals surface area contributed by atoms with Gasteiger partial charge in [0.15, 0.2) is 0 Å². The van der Waals surface area contributed by atoms with Crippen LogP contribution < -0.4 is 16.0 Å². The molecule has 1 saturated heterocycles. The summed E-state index contributed by atoms with van der Waals surface area (Å²) in [5, 5.41) is 8.09. The summed E-state index contributed by atoms with van der Waals surface area (Å²) in [6.07, 6.45) is -0.805. The first-order valence-corrected chi connectivity index (χ1v) is 8.85. The van der Waals surface area contributed by atoms with E-state index in [2.05, 4.69) is 16.0 Å². The van der Waals surface area contributed by atoms with E-state index in [1.165, 1.54) is 6.07 Å². The van der Waals surface area contributed by atoms with Gasteiger partial charge in [-0.05, 0) is 31.0 Å². The van der Waals surface area contributed by atoms with Gasteiger partial charge in [0, 0.05) is 17.8 Å². The SMILES string of the molecule is O=C(C[C@H]1N[C@H]2CCCC[C@H]2NC1=O)Nc1ccc(Cl)c(C(F)(F)F)c1. The van der Waals surface area contributed by atoms with Crippen LogP contribution in [0.2, 0.25) is 5.02 Å². The Bertz CT molecular complexity index is 711. The van der Waals surface area contributed by atoms with Crippen molar-refractivity contribution in [3.05, 3.63) is 28.8 Å². The van der Waals surface area contributed by atoms with E-state index in [-0.39, 0.29) is 30.1 Å². The number of carbonyl (C=O) groups excluding carboxylic acids is 2. The van der Waals surface area contributed by atoms with Crippen LogP contribution in [0.1, 0.15) is 37.7 Å². The molecule has 142 valence electrons. The summed E-state index contributed by atoms with van der Waals surface area (Å²) in [6, 6.07) is 2.68. The Hall–Kier alpha value is -1.80. The summed E-state index contributed by atoms with van der Waals surface area (Å²) >= 11 is 5.56. The molecule has 1 aliphatic heterocycles. The zero-order valence-corrected chi connectivity index (χ0v) is 14.6. The number of halogens is 4. The van der Waals surface area contributed by atoms with E-state index >= 15 is 0 Å². The van der Waals surface area contributed by atoms with Crippen LogP contribution in [-0.4, -0.2) is 29.9 Å². The van der Waals surface area contributed by atoms with Crippen LogP contribution in [0.25, 0.3) is 0 Å². The molecule has 1 aromatic carbocycles. The molecule has 0 bridgehead atoms. The molecule has 5 nitrogen and oxygen atoms in total. The number of rotatable bonds is 3. The first kappa shape index (κ1) is 19.0. The van der Waals surface area contributed by atoms with Crippen LogP contribution in [-0.2, 0) is 15.8 Å². The van der Waals surface area contributed by atoms with Crippen LogP contribution >= 0.6 is 11.6 Å². The largest absolute Gasteiger partial charge is 0.417 e. The highest BCUT2D eigenvalue weighted by molar-refractivity contribution is 6.31. The third kappa shape index (κ3) is 4.29. The van der Waals surface area contributed by atoms with Crippen LogP contribution in [0.4, 0.5) is 18.9 Å². The second kappa shape index (κ2) is 7.44. The summed E-state index contributed by atoms with van der Waals surface area (Å²) in [5.74, 6) is -0.794. The van der Waals surface area contributed by atoms with Crippen LogP contribution in [0.15, 0.2) is 18.2 Å². The van der Waals surface area contributed by atoms with Crippen molar-refractivity contribution in [1.82, 2.24) is 10.6 Å². The number of anilines is 1. The van der Waals surface area contributed by atoms with Crippen LogP contribution in [0.3, 0.4) is 0 Å². The molecule has 3 rings (SSSR count). The standard InChI is InChI=1S/C17H19ClF3N3O2/c18-11-6-5-9(7-10(11)17(19,20)21)22-15(25)8-14-16(26)24-13-4-2-1-3-12(13)23-14/h5-7,12-14,23H,1-4,8H2,(H,22,25)(H,24,26)/t12-,13+,14+/m0/s1. The van der Waals surface area contributed by atoms with Gasteiger partial charge < -0.3 is 16.0 Å². The maximum Gasteiger partial charge on any atom is 0.417 e. The summed E-state index contributed by atoms with van der Waals surface area (Å²) in [4.78, 5) is 24.3. The topological polar surface area (TPSA) is 70.2 Å². The van der Waals surface area contributed by atoms with Gasteiger partial charge in [-0.15, -0.1) is 0 Å². The van der Waals surface area contributed by atoms with E-state index in [4.69, 9.17) is 11.6 Å². The molecule has 3 atom stereocenters. The minimum atomic E-state index is -4.61. The number of carbonyl (C=O) groups is 2. The van der Waals surface area contributed by atoms with Crippen LogP contribution in [0.5, 0.6) is 0 Å². The van der Waals surface area contributed by atoms with Gasteiger partial charge in [0.2, 0.25) is 11.8 Å². The summed E-state index contributed by atoms with van der Waals surface area (Å²) < 4.78 is 38.7. The van der Waals surface area contributed by atoms with Gasteiger partial charge in [0.1, 0.15) is 0 Å². The zero-order valence-electron chi connectivity index (χ0n) is 13.8. The van der Waals surface area contributed by atoms with Gasteiger partial charge in [0.25, 0.3) is 0 Å². The monoisotopic (exact) mass is 389 g/mol. The zero-order chi connectivity index (χ0) is 18.9. The number of fused-ring (bicyclic) bond motifs is 1. The lowest BCUT2D eigenvalue weighted by molar-refractivity contribution is -0.137. The summed E-state index contributed by atoms with van der Waals surface area (Å²) in [7, 11) is 0. The van der Waals surface area contributed by atoms with E-state index in [1.807, 2.05) is 0 Å². The molecule has 9 heteroatoms. The third-order valence-corrected chi connectivity index (χ3v) is 5.10. The van der Waals surface area contributed by atoms with E-state index in [0.29, 0.717) is 0 Å². The Morgan fingerprint density at radius 3 is 2.62 bits per heavy atom. The fourth-order valence-corrected chi connectivity index (χ4v) is 3.71. The number of piperazine rings is 1. The average Bonchev–Trinajstić information content (AvgIpc) is 2.56.